The molecular weight excluding hydrogens is 905 g/mol. The molecule has 25 atom stereocenters. The highest BCUT2D eigenvalue weighted by atomic mass is 16.7. The maximum absolute atomic E-state index is 13.9. The average molecular weight is 999 g/mol. The lowest BCUT2D eigenvalue weighted by Gasteiger charge is -2.56. The van der Waals surface area contributed by atoms with Gasteiger partial charge in [0.1, 0.15) is 36.1 Å². The van der Waals surface area contributed by atoms with Crippen LogP contribution in [-0.4, -0.2) is 160 Å². The number of hydrogen-bond acceptors (Lipinski definition) is 16. The summed E-state index contributed by atoms with van der Waals surface area (Å²) < 4.78 is 32.4. The minimum atomic E-state index is -2.33. The van der Waals surface area contributed by atoms with Crippen LogP contribution in [0.25, 0.3) is 0 Å². The Hall–Kier alpha value is -1.87. The molecule has 3 saturated heterocycles. The van der Waals surface area contributed by atoms with E-state index in [0.29, 0.717) is 32.1 Å². The smallest absolute Gasteiger partial charge is 0.330 e. The third-order valence-corrected chi connectivity index (χ3v) is 16.5. The van der Waals surface area contributed by atoms with E-state index in [0.717, 1.165) is 6.42 Å². The van der Waals surface area contributed by atoms with E-state index in [1.807, 2.05) is 52.0 Å². The Bertz CT molecular complexity index is 1660. The average Bonchev–Trinajstić information content (AvgIpc) is 3.33. The van der Waals surface area contributed by atoms with Crippen LogP contribution in [0.3, 0.4) is 0 Å². The van der Waals surface area contributed by atoms with Gasteiger partial charge in [0.2, 0.25) is 0 Å². The predicted molar refractivity (Wildman–Crippen MR) is 263 cm³/mol. The number of ether oxygens (including phenoxy) is 5. The van der Waals surface area contributed by atoms with E-state index in [2.05, 4.69) is 6.92 Å². The fraction of sp³-hybridized carbons (Fsp3) is 0.870. The zero-order chi connectivity index (χ0) is 52.4. The van der Waals surface area contributed by atoms with E-state index in [9.17, 15) is 55.9 Å². The summed E-state index contributed by atoms with van der Waals surface area (Å²) in [5, 5.41) is 115. The zero-order valence-electron chi connectivity index (χ0n) is 43.9. The van der Waals surface area contributed by atoms with Crippen LogP contribution < -0.4 is 0 Å². The second kappa shape index (κ2) is 27.1. The van der Waals surface area contributed by atoms with Gasteiger partial charge in [-0.2, -0.15) is 0 Å². The van der Waals surface area contributed by atoms with Crippen molar-refractivity contribution in [2.24, 2.45) is 47.3 Å². The number of esters is 1. The summed E-state index contributed by atoms with van der Waals surface area (Å²) in [6.45, 7) is 20.0. The molecule has 0 saturated carbocycles. The van der Waals surface area contributed by atoms with Crippen molar-refractivity contribution in [3.63, 3.8) is 0 Å². The molecule has 10 N–H and O–H groups in total. The van der Waals surface area contributed by atoms with Gasteiger partial charge in [0, 0.05) is 48.5 Å². The molecule has 4 rings (SSSR count). The van der Waals surface area contributed by atoms with Crippen LogP contribution >= 0.6 is 0 Å². The van der Waals surface area contributed by atoms with Crippen molar-refractivity contribution < 1.29 is 79.5 Å². The first kappa shape index (κ1) is 60.7. The standard InChI is InChI=1S/C54H94O16/c1-12-26-53(65)51(63)31(5)17-15-14-16-18-38(28-32(6)55)20-22-41-34(8)49(36(10)54(69-41)27-25-30(4)48(70-54)33(7)39(56)13-2)67-42(58)23-19-29(3)44(59)35(9)45(60)50(46(61)47(62)52(53)64)68-43-24-21-40(57)37(11)66-43/h14-16,18-19,23,29-41,43-52,55-57,59-65H,12-13,17,20-22,24-28H2,1-11H3/b15-14-,18-16-,23-19-/t29-,30+,31-,32+,33+,34+,35-,36+,37+,38+,39+,40+,41-,43-,44+,45-,46-,47-,48+,49-,50+,51+,52-,53+,54-/m0/s1. The molecule has 0 aromatic heterocycles. The summed E-state index contributed by atoms with van der Waals surface area (Å²) in [6.07, 6.45) is -3.50. The first-order chi connectivity index (χ1) is 32.8. The van der Waals surface area contributed by atoms with Crippen molar-refractivity contribution in [3.8, 4) is 0 Å². The van der Waals surface area contributed by atoms with Crippen molar-refractivity contribution >= 4 is 5.97 Å². The molecule has 4 heterocycles. The first-order valence-electron chi connectivity index (χ1n) is 26.6. The van der Waals surface area contributed by atoms with Crippen LogP contribution in [0.2, 0.25) is 0 Å². The highest BCUT2D eigenvalue weighted by Gasteiger charge is 2.57. The molecule has 16 heteroatoms. The molecule has 70 heavy (non-hydrogen) atoms. The van der Waals surface area contributed by atoms with Crippen molar-refractivity contribution in [2.45, 2.75) is 250 Å². The van der Waals surface area contributed by atoms with Crippen LogP contribution in [-0.2, 0) is 28.5 Å². The van der Waals surface area contributed by atoms with E-state index < -0.39 is 127 Å². The molecule has 4 aliphatic heterocycles. The molecule has 0 amide bonds. The predicted octanol–water partition coefficient (Wildman–Crippen LogP) is 4.60. The van der Waals surface area contributed by atoms with Gasteiger partial charge in [0.25, 0.3) is 0 Å². The highest BCUT2D eigenvalue weighted by Crippen LogP contribution is 2.50. The Labute approximate surface area is 418 Å². The minimum Gasteiger partial charge on any atom is -0.458 e. The number of carbonyl (C=O) groups is 1. The number of rotatable bonds is 9. The lowest BCUT2D eigenvalue weighted by atomic mass is 9.73. The zero-order valence-corrected chi connectivity index (χ0v) is 43.9. The van der Waals surface area contributed by atoms with Gasteiger partial charge in [0.05, 0.1) is 54.9 Å². The number of allylic oxidation sites excluding steroid dienone is 4. The quantitative estimate of drug-likeness (QED) is 0.142. The van der Waals surface area contributed by atoms with Crippen LogP contribution in [0.1, 0.15) is 147 Å². The second-order valence-corrected chi connectivity index (χ2v) is 22.1. The monoisotopic (exact) mass is 999 g/mol. The molecule has 1 spiro atoms. The minimum absolute atomic E-state index is 0.0833. The molecular formula is C54H94O16. The van der Waals surface area contributed by atoms with Crippen molar-refractivity contribution in [2.75, 3.05) is 0 Å². The second-order valence-electron chi connectivity index (χ2n) is 22.1. The summed E-state index contributed by atoms with van der Waals surface area (Å²) >= 11 is 0. The summed E-state index contributed by atoms with van der Waals surface area (Å²) in [5.41, 5.74) is -2.33. The van der Waals surface area contributed by atoms with Gasteiger partial charge in [-0.15, -0.1) is 0 Å². The molecule has 0 aliphatic carbocycles. The summed E-state index contributed by atoms with van der Waals surface area (Å²) in [7, 11) is 0. The van der Waals surface area contributed by atoms with Crippen LogP contribution in [0, 0.1) is 47.3 Å². The lowest BCUT2D eigenvalue weighted by Crippen LogP contribution is -2.63. The van der Waals surface area contributed by atoms with Crippen molar-refractivity contribution in [3.05, 3.63) is 36.5 Å². The van der Waals surface area contributed by atoms with Gasteiger partial charge in [-0.25, -0.2) is 4.79 Å². The van der Waals surface area contributed by atoms with Gasteiger partial charge in [-0.05, 0) is 83.0 Å². The largest absolute Gasteiger partial charge is 0.458 e. The van der Waals surface area contributed by atoms with Gasteiger partial charge < -0.3 is 74.7 Å². The summed E-state index contributed by atoms with van der Waals surface area (Å²) in [4.78, 5) is 13.9. The van der Waals surface area contributed by atoms with E-state index in [1.165, 1.54) is 19.1 Å². The fourth-order valence-corrected chi connectivity index (χ4v) is 11.5. The molecule has 406 valence electrons. The topological polar surface area (TPSA) is 266 Å². The fourth-order valence-electron chi connectivity index (χ4n) is 11.5. The molecule has 16 nitrogen and oxygen atoms in total. The first-order valence-corrected chi connectivity index (χ1v) is 26.6. The summed E-state index contributed by atoms with van der Waals surface area (Å²) in [5.74, 6) is -5.18. The van der Waals surface area contributed by atoms with Gasteiger partial charge >= 0.3 is 5.97 Å². The third kappa shape index (κ3) is 14.9. The Morgan fingerprint density at radius 2 is 1.46 bits per heavy atom. The Kier molecular flexibility index (Phi) is 23.5. The molecule has 4 aliphatic rings. The van der Waals surface area contributed by atoms with Crippen LogP contribution in [0.5, 0.6) is 0 Å². The SMILES string of the molecule is CCC[C@@]1(O)[C@H](O)[C@@H](C)C/C=C\C=C/[C@@H](C[C@@H](C)O)CC[C@@H]2O[C@]3(CC[C@@H](C)[C@H]([C@H](C)[C@H](O)CC)O3)[C@H](C)[C@@H](OC(=O)/C=C\[C@H](C)[C@@H](O)[C@H](C)[C@H](O)[C@@H](O[C@H]3CC[C@@H](O)[C@@H](C)O3)[C@@H](O)[C@H](O)[C@@H]1O)[C@@H]2C. The van der Waals surface area contributed by atoms with Gasteiger partial charge in [-0.3, -0.25) is 0 Å². The van der Waals surface area contributed by atoms with Crippen LogP contribution in [0.15, 0.2) is 36.5 Å². The molecule has 0 aromatic carbocycles. The van der Waals surface area contributed by atoms with Gasteiger partial charge in [-0.1, -0.05) is 99.1 Å². The molecule has 3 fully saturated rings. The Morgan fingerprint density at radius 1 is 0.771 bits per heavy atom. The number of fused-ring (bicyclic) bond motifs is 2. The number of aliphatic hydroxyl groups excluding tert-OH is 9. The maximum Gasteiger partial charge on any atom is 0.330 e. The number of carbonyl (C=O) groups excluding carboxylic acids is 1. The Balaban J connectivity index is 1.77. The molecule has 2 bridgehead atoms. The van der Waals surface area contributed by atoms with E-state index >= 15 is 0 Å². The van der Waals surface area contributed by atoms with Crippen molar-refractivity contribution in [1.29, 1.82) is 0 Å². The molecule has 0 unspecified atom stereocenters. The lowest BCUT2D eigenvalue weighted by molar-refractivity contribution is -0.376. The van der Waals surface area contributed by atoms with Crippen molar-refractivity contribution in [1.82, 2.24) is 0 Å². The van der Waals surface area contributed by atoms with E-state index in [-0.39, 0.29) is 61.9 Å². The van der Waals surface area contributed by atoms with E-state index in [1.54, 1.807) is 34.6 Å². The third-order valence-electron chi connectivity index (χ3n) is 16.5. The number of hydrogen-bond donors (Lipinski definition) is 10. The molecule has 0 radical (unpaired) electrons. The highest BCUT2D eigenvalue weighted by molar-refractivity contribution is 5.82. The normalized spacial score (nSPS) is 47.4. The molecule has 0 aromatic rings. The Morgan fingerprint density at radius 3 is 2.09 bits per heavy atom. The van der Waals surface area contributed by atoms with E-state index in [4.69, 9.17) is 23.7 Å². The van der Waals surface area contributed by atoms with Crippen LogP contribution in [0.4, 0.5) is 0 Å². The summed E-state index contributed by atoms with van der Waals surface area (Å²) in [6, 6.07) is 0. The van der Waals surface area contributed by atoms with Gasteiger partial charge in [0.15, 0.2) is 12.1 Å². The number of aliphatic hydroxyl groups is 10. The maximum atomic E-state index is 13.9.